The fraction of sp³-hybridized carbons (Fsp3) is 0.667. The minimum absolute atomic E-state index is 0.627. The van der Waals surface area contributed by atoms with E-state index in [4.69, 9.17) is 0 Å². The van der Waals surface area contributed by atoms with Gasteiger partial charge in [-0.15, -0.1) is 0 Å². The van der Waals surface area contributed by atoms with Crippen molar-refractivity contribution in [2.24, 2.45) is 5.92 Å². The SMILES string of the molecule is CCCCCCC1[C]=CC(C)=C1. The third-order valence-electron chi connectivity index (χ3n) is 2.36. The minimum atomic E-state index is 0.627. The summed E-state index contributed by atoms with van der Waals surface area (Å²) in [6, 6.07) is 0. The number of unbranched alkanes of at least 4 members (excludes halogenated alkanes) is 3. The maximum absolute atomic E-state index is 3.37. The third kappa shape index (κ3) is 3.25. The van der Waals surface area contributed by atoms with Crippen molar-refractivity contribution in [3.63, 3.8) is 0 Å². The number of rotatable bonds is 5. The molecule has 0 saturated carbocycles. The van der Waals surface area contributed by atoms with Crippen molar-refractivity contribution < 1.29 is 0 Å². The van der Waals surface area contributed by atoms with Gasteiger partial charge in [-0.05, 0) is 19.4 Å². The normalized spacial score (nSPS) is 21.5. The van der Waals surface area contributed by atoms with Crippen molar-refractivity contribution >= 4 is 0 Å². The summed E-state index contributed by atoms with van der Waals surface area (Å²) in [6.07, 6.45) is 14.6. The molecule has 1 aliphatic rings. The Bertz CT molecular complexity index is 174. The van der Waals surface area contributed by atoms with Crippen molar-refractivity contribution in [3.8, 4) is 0 Å². The third-order valence-corrected chi connectivity index (χ3v) is 2.36. The molecule has 0 amide bonds. The highest BCUT2D eigenvalue weighted by Gasteiger charge is 2.06. The molecule has 1 atom stereocenters. The van der Waals surface area contributed by atoms with Gasteiger partial charge in [0, 0.05) is 5.92 Å². The van der Waals surface area contributed by atoms with Gasteiger partial charge in [-0.25, -0.2) is 0 Å². The molecule has 1 aliphatic carbocycles. The van der Waals surface area contributed by atoms with E-state index in [1.165, 1.54) is 37.7 Å². The van der Waals surface area contributed by atoms with Gasteiger partial charge >= 0.3 is 0 Å². The van der Waals surface area contributed by atoms with Crippen molar-refractivity contribution in [3.05, 3.63) is 23.8 Å². The summed E-state index contributed by atoms with van der Waals surface area (Å²) in [5, 5.41) is 0. The summed E-state index contributed by atoms with van der Waals surface area (Å²) in [5.74, 6) is 0.627. The van der Waals surface area contributed by atoms with E-state index in [1.54, 1.807) is 0 Å². The molecule has 0 spiro atoms. The van der Waals surface area contributed by atoms with Crippen LogP contribution in [0.4, 0.5) is 0 Å². The lowest BCUT2D eigenvalue weighted by molar-refractivity contribution is 0.586. The molecule has 0 bridgehead atoms. The largest absolute Gasteiger partial charge is 0.0741 e. The van der Waals surface area contributed by atoms with Crippen molar-refractivity contribution in [1.29, 1.82) is 0 Å². The highest BCUT2D eigenvalue weighted by molar-refractivity contribution is 5.23. The van der Waals surface area contributed by atoms with Crippen LogP contribution in [0.1, 0.15) is 46.0 Å². The van der Waals surface area contributed by atoms with E-state index in [-0.39, 0.29) is 0 Å². The summed E-state index contributed by atoms with van der Waals surface area (Å²) in [6.45, 7) is 4.41. The van der Waals surface area contributed by atoms with Gasteiger partial charge in [-0.2, -0.15) is 0 Å². The molecule has 0 heteroatoms. The van der Waals surface area contributed by atoms with Crippen LogP contribution in [0.2, 0.25) is 0 Å². The van der Waals surface area contributed by atoms with Crippen molar-refractivity contribution in [2.45, 2.75) is 46.0 Å². The molecule has 0 nitrogen and oxygen atoms in total. The second-order valence-electron chi connectivity index (χ2n) is 3.68. The van der Waals surface area contributed by atoms with E-state index in [0.29, 0.717) is 5.92 Å². The Morgan fingerprint density at radius 1 is 1.33 bits per heavy atom. The Labute approximate surface area is 76.4 Å². The van der Waals surface area contributed by atoms with Gasteiger partial charge in [0.1, 0.15) is 0 Å². The van der Waals surface area contributed by atoms with E-state index < -0.39 is 0 Å². The first-order valence-electron chi connectivity index (χ1n) is 5.10. The van der Waals surface area contributed by atoms with Crippen molar-refractivity contribution in [2.75, 3.05) is 0 Å². The van der Waals surface area contributed by atoms with Gasteiger partial charge in [0.25, 0.3) is 0 Å². The molecule has 0 aromatic rings. The van der Waals surface area contributed by atoms with E-state index >= 15 is 0 Å². The highest BCUT2D eigenvalue weighted by Crippen LogP contribution is 2.20. The zero-order valence-electron chi connectivity index (χ0n) is 8.27. The van der Waals surface area contributed by atoms with E-state index in [9.17, 15) is 0 Å². The molecule has 1 unspecified atom stereocenters. The summed E-state index contributed by atoms with van der Waals surface area (Å²) in [7, 11) is 0. The van der Waals surface area contributed by atoms with Crippen molar-refractivity contribution in [1.82, 2.24) is 0 Å². The lowest BCUT2D eigenvalue weighted by atomic mass is 10.0. The van der Waals surface area contributed by atoms with Crippen LogP contribution in [0, 0.1) is 12.0 Å². The Morgan fingerprint density at radius 2 is 2.17 bits per heavy atom. The average molecular weight is 163 g/mol. The second kappa shape index (κ2) is 5.18. The maximum atomic E-state index is 3.37. The number of hydrogen-bond donors (Lipinski definition) is 0. The zero-order valence-corrected chi connectivity index (χ0v) is 8.27. The maximum Gasteiger partial charge on any atom is 0.00267 e. The molecule has 12 heavy (non-hydrogen) atoms. The van der Waals surface area contributed by atoms with Gasteiger partial charge in [0.15, 0.2) is 0 Å². The minimum Gasteiger partial charge on any atom is -0.0741 e. The van der Waals surface area contributed by atoms with Crippen LogP contribution in [-0.4, -0.2) is 0 Å². The topological polar surface area (TPSA) is 0 Å². The predicted octanol–water partition coefficient (Wildman–Crippen LogP) is 3.89. The first-order valence-corrected chi connectivity index (χ1v) is 5.10. The lowest BCUT2D eigenvalue weighted by Crippen LogP contribution is -1.89. The van der Waals surface area contributed by atoms with Crippen LogP contribution in [0.5, 0.6) is 0 Å². The number of hydrogen-bond acceptors (Lipinski definition) is 0. The van der Waals surface area contributed by atoms with Crippen LogP contribution < -0.4 is 0 Å². The first-order chi connectivity index (χ1) is 5.83. The van der Waals surface area contributed by atoms with Gasteiger partial charge in [0.05, 0.1) is 0 Å². The molecule has 0 N–H and O–H groups in total. The van der Waals surface area contributed by atoms with Crippen LogP contribution in [-0.2, 0) is 0 Å². The van der Waals surface area contributed by atoms with Crippen LogP contribution >= 0.6 is 0 Å². The molecular formula is C12H19. The molecular weight excluding hydrogens is 144 g/mol. The molecule has 0 aliphatic heterocycles. The number of allylic oxidation sites excluding steroid dienone is 4. The van der Waals surface area contributed by atoms with Crippen LogP contribution in [0.15, 0.2) is 17.7 Å². The van der Waals surface area contributed by atoms with Gasteiger partial charge < -0.3 is 0 Å². The van der Waals surface area contributed by atoms with E-state index in [1.807, 2.05) is 0 Å². The van der Waals surface area contributed by atoms with Gasteiger partial charge in [0.2, 0.25) is 0 Å². The molecule has 0 saturated heterocycles. The summed E-state index contributed by atoms with van der Waals surface area (Å²) < 4.78 is 0. The fourth-order valence-electron chi connectivity index (χ4n) is 1.61. The highest BCUT2D eigenvalue weighted by atomic mass is 14.1. The molecule has 67 valence electrons. The average Bonchev–Trinajstić information content (AvgIpc) is 2.45. The summed E-state index contributed by atoms with van der Waals surface area (Å²) in [4.78, 5) is 0. The zero-order chi connectivity index (χ0) is 8.81. The fourth-order valence-corrected chi connectivity index (χ4v) is 1.61. The van der Waals surface area contributed by atoms with Gasteiger partial charge in [-0.1, -0.05) is 50.3 Å². The molecule has 1 radical (unpaired) electrons. The molecule has 0 fully saturated rings. The summed E-state index contributed by atoms with van der Waals surface area (Å²) in [5.41, 5.74) is 1.38. The standard InChI is InChI=1S/C12H19/c1-3-4-5-6-7-12-9-8-11(2)10-12/h8,10,12H,3-7H2,1-2H3. The molecule has 0 aromatic heterocycles. The van der Waals surface area contributed by atoms with Gasteiger partial charge in [-0.3, -0.25) is 0 Å². The Morgan fingerprint density at radius 3 is 2.75 bits per heavy atom. The Hall–Kier alpha value is -0.520. The van der Waals surface area contributed by atoms with E-state index in [2.05, 4.69) is 32.1 Å². The molecule has 0 heterocycles. The lowest BCUT2D eigenvalue weighted by Gasteiger charge is -2.03. The second-order valence-corrected chi connectivity index (χ2v) is 3.68. The smallest absolute Gasteiger partial charge is 0.00267 e. The monoisotopic (exact) mass is 163 g/mol. The molecule has 1 rings (SSSR count). The Balaban J connectivity index is 2.05. The van der Waals surface area contributed by atoms with E-state index in [0.717, 1.165) is 0 Å². The first kappa shape index (κ1) is 9.57. The summed E-state index contributed by atoms with van der Waals surface area (Å²) >= 11 is 0. The Kier molecular flexibility index (Phi) is 4.13. The predicted molar refractivity (Wildman–Crippen MR) is 53.8 cm³/mol. The molecule has 0 aromatic carbocycles. The quantitative estimate of drug-likeness (QED) is 0.539. The van der Waals surface area contributed by atoms with Crippen LogP contribution in [0.25, 0.3) is 0 Å². The van der Waals surface area contributed by atoms with Crippen LogP contribution in [0.3, 0.4) is 0 Å².